The van der Waals surface area contributed by atoms with Gasteiger partial charge in [0.2, 0.25) is 0 Å². The van der Waals surface area contributed by atoms with E-state index < -0.39 is 0 Å². The first-order valence-corrected chi connectivity index (χ1v) is 8.94. The van der Waals surface area contributed by atoms with Crippen LogP contribution < -0.4 is 5.32 Å². The van der Waals surface area contributed by atoms with Crippen LogP contribution in [-0.4, -0.2) is 14.5 Å². The molecular weight excluding hydrogens is 304 g/mol. The van der Waals surface area contributed by atoms with Crippen LogP contribution in [0, 0.1) is 6.92 Å². The van der Waals surface area contributed by atoms with E-state index in [0.717, 1.165) is 18.2 Å². The second-order valence-corrected chi connectivity index (χ2v) is 6.99. The van der Waals surface area contributed by atoms with Gasteiger partial charge in [0, 0.05) is 36.1 Å². The minimum absolute atomic E-state index is 0.487. The maximum absolute atomic E-state index is 4.57. The van der Waals surface area contributed by atoms with Gasteiger partial charge in [0.1, 0.15) is 11.6 Å². The largest absolute Gasteiger partial charge is 0.306 e. The van der Waals surface area contributed by atoms with Crippen molar-refractivity contribution in [1.29, 1.82) is 0 Å². The highest BCUT2D eigenvalue weighted by molar-refractivity contribution is 7.10. The first kappa shape index (κ1) is 14.6. The van der Waals surface area contributed by atoms with Crippen LogP contribution >= 0.6 is 11.3 Å². The summed E-state index contributed by atoms with van der Waals surface area (Å²) in [5.41, 5.74) is 2.72. The molecule has 1 aliphatic rings. The normalized spacial score (nSPS) is 17.2. The van der Waals surface area contributed by atoms with Crippen molar-refractivity contribution in [3.8, 4) is 5.82 Å². The lowest BCUT2D eigenvalue weighted by Gasteiger charge is -2.23. The Labute approximate surface area is 140 Å². The molecule has 4 nitrogen and oxygen atoms in total. The smallest absolute Gasteiger partial charge is 0.137 e. The van der Waals surface area contributed by atoms with Crippen molar-refractivity contribution in [3.05, 3.63) is 64.0 Å². The number of nitrogens with zero attached hydrogens (tertiary/aromatic N) is 3. The van der Waals surface area contributed by atoms with Crippen LogP contribution in [0.2, 0.25) is 0 Å². The minimum atomic E-state index is 0.487. The summed E-state index contributed by atoms with van der Waals surface area (Å²) in [4.78, 5) is 10.4. The third-order valence-corrected chi connectivity index (χ3v) is 5.48. The fourth-order valence-electron chi connectivity index (χ4n) is 3.22. The van der Waals surface area contributed by atoms with E-state index >= 15 is 0 Å². The van der Waals surface area contributed by atoms with E-state index in [9.17, 15) is 0 Å². The molecule has 4 rings (SSSR count). The monoisotopic (exact) mass is 324 g/mol. The van der Waals surface area contributed by atoms with Crippen molar-refractivity contribution < 1.29 is 0 Å². The number of imidazole rings is 1. The molecule has 0 amide bonds. The Morgan fingerprint density at radius 3 is 3.04 bits per heavy atom. The Kier molecular flexibility index (Phi) is 3.97. The lowest BCUT2D eigenvalue weighted by molar-refractivity contribution is 0.463. The topological polar surface area (TPSA) is 42.7 Å². The average molecular weight is 324 g/mol. The quantitative estimate of drug-likeness (QED) is 0.793. The van der Waals surface area contributed by atoms with Gasteiger partial charge in [-0.15, -0.1) is 11.3 Å². The molecule has 0 radical (unpaired) electrons. The molecule has 1 atom stereocenters. The highest BCUT2D eigenvalue weighted by Crippen LogP contribution is 2.33. The average Bonchev–Trinajstić information content (AvgIpc) is 3.22. The van der Waals surface area contributed by atoms with Crippen LogP contribution in [0.1, 0.15) is 40.7 Å². The number of pyridine rings is 1. The molecule has 5 heteroatoms. The summed E-state index contributed by atoms with van der Waals surface area (Å²) in [6.45, 7) is 2.84. The number of hydrogen-bond donors (Lipinski definition) is 1. The molecule has 23 heavy (non-hydrogen) atoms. The first-order valence-electron chi connectivity index (χ1n) is 8.06. The van der Waals surface area contributed by atoms with Gasteiger partial charge in [-0.2, -0.15) is 0 Å². The Morgan fingerprint density at radius 2 is 2.26 bits per heavy atom. The highest BCUT2D eigenvalue weighted by Gasteiger charge is 2.20. The van der Waals surface area contributed by atoms with Crippen molar-refractivity contribution in [3.63, 3.8) is 0 Å². The lowest BCUT2D eigenvalue weighted by atomic mass is 9.94. The van der Waals surface area contributed by atoms with Gasteiger partial charge in [-0.3, -0.25) is 4.57 Å². The summed E-state index contributed by atoms with van der Waals surface area (Å²) in [6, 6.07) is 6.97. The molecule has 0 bridgehead atoms. The van der Waals surface area contributed by atoms with E-state index in [1.54, 1.807) is 11.1 Å². The molecule has 0 aliphatic heterocycles. The molecule has 0 fully saturated rings. The number of fused-ring (bicyclic) bond motifs is 1. The molecule has 1 aliphatic carbocycles. The molecule has 0 saturated heterocycles. The summed E-state index contributed by atoms with van der Waals surface area (Å²) in [5.74, 6) is 1.87. The van der Waals surface area contributed by atoms with E-state index in [1.165, 1.54) is 30.4 Å². The van der Waals surface area contributed by atoms with E-state index in [0.29, 0.717) is 6.04 Å². The second kappa shape index (κ2) is 6.26. The number of rotatable bonds is 4. The third-order valence-electron chi connectivity index (χ3n) is 4.49. The molecule has 3 heterocycles. The summed E-state index contributed by atoms with van der Waals surface area (Å²) in [5, 5.41) is 5.91. The van der Waals surface area contributed by atoms with Gasteiger partial charge in [-0.05, 0) is 54.8 Å². The van der Waals surface area contributed by atoms with Crippen LogP contribution in [0.5, 0.6) is 0 Å². The predicted octanol–water partition coefficient (Wildman–Crippen LogP) is 3.80. The van der Waals surface area contributed by atoms with E-state index in [4.69, 9.17) is 0 Å². The fraction of sp³-hybridized carbons (Fsp3) is 0.333. The first-order chi connectivity index (χ1) is 11.3. The molecule has 0 spiro atoms. The zero-order chi connectivity index (χ0) is 15.6. The Bertz CT molecular complexity index is 787. The SMILES string of the molecule is Cc1nccn1-c1ccc(CNC2CCCc3sccc32)cn1. The van der Waals surface area contributed by atoms with Crippen molar-refractivity contribution in [2.75, 3.05) is 0 Å². The van der Waals surface area contributed by atoms with Crippen LogP contribution in [0.15, 0.2) is 42.2 Å². The Balaban J connectivity index is 1.44. The lowest BCUT2D eigenvalue weighted by Crippen LogP contribution is -2.23. The molecule has 1 N–H and O–H groups in total. The van der Waals surface area contributed by atoms with E-state index in [-0.39, 0.29) is 0 Å². The maximum atomic E-state index is 4.57. The number of thiophene rings is 1. The van der Waals surface area contributed by atoms with Gasteiger partial charge in [0.25, 0.3) is 0 Å². The number of nitrogens with one attached hydrogen (secondary N) is 1. The Hall–Kier alpha value is -1.98. The van der Waals surface area contributed by atoms with Gasteiger partial charge < -0.3 is 5.32 Å². The fourth-order valence-corrected chi connectivity index (χ4v) is 4.21. The summed E-state index contributed by atoms with van der Waals surface area (Å²) < 4.78 is 2.00. The van der Waals surface area contributed by atoms with Crippen molar-refractivity contribution in [2.45, 2.75) is 38.8 Å². The van der Waals surface area contributed by atoms with Crippen LogP contribution in [0.25, 0.3) is 5.82 Å². The zero-order valence-corrected chi connectivity index (χ0v) is 14.0. The number of aryl methyl sites for hydroxylation is 2. The summed E-state index contributed by atoms with van der Waals surface area (Å²) >= 11 is 1.89. The van der Waals surface area contributed by atoms with Gasteiger partial charge >= 0.3 is 0 Å². The molecule has 1 unspecified atom stereocenters. The highest BCUT2D eigenvalue weighted by atomic mass is 32.1. The second-order valence-electron chi connectivity index (χ2n) is 5.99. The van der Waals surface area contributed by atoms with Crippen molar-refractivity contribution in [1.82, 2.24) is 19.9 Å². The zero-order valence-electron chi connectivity index (χ0n) is 13.2. The van der Waals surface area contributed by atoms with Crippen molar-refractivity contribution >= 4 is 11.3 Å². The van der Waals surface area contributed by atoms with Crippen LogP contribution in [-0.2, 0) is 13.0 Å². The van der Waals surface area contributed by atoms with Gasteiger partial charge in [-0.25, -0.2) is 9.97 Å². The molecule has 0 saturated carbocycles. The molecule has 3 aromatic rings. The molecule has 3 aromatic heterocycles. The van der Waals surface area contributed by atoms with Crippen LogP contribution in [0.4, 0.5) is 0 Å². The standard InChI is InChI=1S/C18H20N4S/c1-13-19-8-9-22(13)18-6-5-14(12-21-18)11-20-16-3-2-4-17-15(16)7-10-23-17/h5-10,12,16,20H,2-4,11H2,1H3. The maximum Gasteiger partial charge on any atom is 0.137 e. The molecular formula is C18H20N4S. The minimum Gasteiger partial charge on any atom is -0.306 e. The molecule has 118 valence electrons. The van der Waals surface area contributed by atoms with E-state index in [2.05, 4.69) is 38.9 Å². The predicted molar refractivity (Wildman–Crippen MR) is 92.9 cm³/mol. The van der Waals surface area contributed by atoms with Gasteiger partial charge in [0.15, 0.2) is 0 Å². The van der Waals surface area contributed by atoms with Crippen molar-refractivity contribution in [2.24, 2.45) is 0 Å². The summed E-state index contributed by atoms with van der Waals surface area (Å²) in [7, 11) is 0. The number of aromatic nitrogens is 3. The summed E-state index contributed by atoms with van der Waals surface area (Å²) in [6.07, 6.45) is 9.44. The number of hydrogen-bond acceptors (Lipinski definition) is 4. The molecule has 0 aromatic carbocycles. The third kappa shape index (κ3) is 2.94. The van der Waals surface area contributed by atoms with Gasteiger partial charge in [-0.1, -0.05) is 6.07 Å². The Morgan fingerprint density at radius 1 is 1.30 bits per heavy atom. The van der Waals surface area contributed by atoms with E-state index in [1.807, 2.05) is 35.2 Å². The van der Waals surface area contributed by atoms with Gasteiger partial charge in [0.05, 0.1) is 0 Å². The van der Waals surface area contributed by atoms with Crippen LogP contribution in [0.3, 0.4) is 0 Å².